The molecule has 0 aliphatic rings. The van der Waals surface area contributed by atoms with Gasteiger partial charge in [0.2, 0.25) is 0 Å². The van der Waals surface area contributed by atoms with Crippen LogP contribution in [0, 0.1) is 0 Å². The zero-order chi connectivity index (χ0) is 34.7. The molecule has 0 aliphatic heterocycles. The summed E-state index contributed by atoms with van der Waals surface area (Å²) < 4.78 is 0. The lowest BCUT2D eigenvalue weighted by atomic mass is 10.2. The third-order valence-electron chi connectivity index (χ3n) is 11.5. The number of rotatable bonds is 25. The van der Waals surface area contributed by atoms with Gasteiger partial charge < -0.3 is 0 Å². The van der Waals surface area contributed by atoms with Crippen molar-refractivity contribution in [3.8, 4) is 0 Å². The molecule has 0 radical (unpaired) electrons. The molecule has 0 aromatic heterocycles. The minimum absolute atomic E-state index is 1.03. The molecule has 0 atom stereocenters. The molecular weight excluding hydrogens is 630 g/mol. The lowest BCUT2D eigenvalue weighted by molar-refractivity contribution is 0.800. The van der Waals surface area contributed by atoms with Crippen LogP contribution < -0.4 is 26.5 Å². The van der Waals surface area contributed by atoms with Gasteiger partial charge >= 0.3 is 0 Å². The normalized spacial score (nSPS) is 12.5. The van der Waals surface area contributed by atoms with Gasteiger partial charge in [0.15, 0.2) is 0 Å². The Kier molecular flexibility index (Phi) is 18.4. The predicted octanol–water partition coefficient (Wildman–Crippen LogP) is 11.9. The number of hydrogen-bond acceptors (Lipinski definition) is 1. The van der Waals surface area contributed by atoms with Gasteiger partial charge in [0.1, 0.15) is 18.0 Å². The van der Waals surface area contributed by atoms with Crippen LogP contribution in [-0.4, -0.2) is 22.3 Å². The third kappa shape index (κ3) is 11.2. The Morgan fingerprint density at radius 1 is 0.458 bits per heavy atom. The maximum atomic E-state index is 8.06. The molecule has 266 valence electrons. The fourth-order valence-corrected chi connectivity index (χ4v) is 22.6. The number of hydrogen-bond donors (Lipinski definition) is 1. The van der Waals surface area contributed by atoms with Gasteiger partial charge in [-0.3, -0.25) is 0 Å². The minimum atomic E-state index is -2.14. The average molecular weight is 703 g/mol. The van der Waals surface area contributed by atoms with E-state index in [4.69, 9.17) is 5.50 Å². The maximum absolute atomic E-state index is 8.06. The fraction of sp³-hybridized carbons (Fsp3) is 0.591. The van der Waals surface area contributed by atoms with Crippen LogP contribution in [0.3, 0.4) is 0 Å². The van der Waals surface area contributed by atoms with Gasteiger partial charge in [-0.05, 0) is 29.8 Å². The van der Waals surface area contributed by atoms with E-state index >= 15 is 0 Å². The minimum Gasteiger partial charge on any atom is -0.196 e. The highest BCUT2D eigenvalue weighted by Crippen LogP contribution is 2.49. The van der Waals surface area contributed by atoms with Crippen molar-refractivity contribution in [1.29, 1.82) is 0 Å². The van der Waals surface area contributed by atoms with Crippen molar-refractivity contribution in [1.82, 2.24) is 0 Å². The molecule has 0 amide bonds. The number of nitrogens with two attached hydrogens (primary N) is 1. The van der Waals surface area contributed by atoms with E-state index in [1.807, 2.05) is 0 Å². The number of unbranched alkanes of at least 4 members (excludes halogenated alkanes) is 6. The first kappa shape index (κ1) is 40.9. The molecule has 0 saturated heterocycles. The summed E-state index contributed by atoms with van der Waals surface area (Å²) >= 11 is 0. The molecule has 4 heteroatoms. The Morgan fingerprint density at radius 3 is 1.15 bits per heavy atom. The second kappa shape index (κ2) is 21.6. The summed E-state index contributed by atoms with van der Waals surface area (Å²) in [6, 6.07) is 39.9. The SMILES string of the molecule is CCCC[Si](CCCC)(CCCC)c1cccc([P+](N)(CCc2ccccc2)c2cccc([Si](CCCC)(CCCC)CCCC)c2)c1. The first-order chi connectivity index (χ1) is 23.4. The molecule has 1 nitrogen and oxygen atoms in total. The first-order valence-electron chi connectivity index (χ1n) is 20.3. The molecule has 0 aliphatic carbocycles. The lowest BCUT2D eigenvalue weighted by Crippen LogP contribution is -2.50. The van der Waals surface area contributed by atoms with Crippen molar-refractivity contribution in [2.45, 2.75) is 161 Å². The molecule has 2 N–H and O–H groups in total. The van der Waals surface area contributed by atoms with Gasteiger partial charge in [0.25, 0.3) is 0 Å². The fourth-order valence-electron chi connectivity index (χ4n) is 8.23. The van der Waals surface area contributed by atoms with Crippen molar-refractivity contribution in [2.75, 3.05) is 6.16 Å². The number of benzene rings is 3. The highest BCUT2D eigenvalue weighted by molar-refractivity contribution is 7.87. The van der Waals surface area contributed by atoms with Gasteiger partial charge in [-0.25, -0.2) is 0 Å². The van der Waals surface area contributed by atoms with Crippen LogP contribution in [0.25, 0.3) is 0 Å². The van der Waals surface area contributed by atoms with Crippen LogP contribution in [-0.2, 0) is 6.42 Å². The first-order valence-corrected chi connectivity index (χ1v) is 27.6. The standard InChI is InChI=1S/C44H73NPSi2/c1-7-13-32-47(33-14-8-2,34-15-9-3)43-28-22-26-41(38-43)46(45,31-30-40-24-20-19-21-25-40)42-27-23-29-44(39-42)48(35-16-10-4,36-17-11-5)37-18-12-6/h19-29,38-39H,7-18,30-37,45H2,1-6H3/q+1. The van der Waals surface area contributed by atoms with Gasteiger partial charge in [0.05, 0.1) is 22.3 Å². The second-order valence-corrected chi connectivity index (χ2v) is 27.6. The van der Waals surface area contributed by atoms with Gasteiger partial charge in [0, 0.05) is 6.42 Å². The second-order valence-electron chi connectivity index (χ2n) is 15.1. The highest BCUT2D eigenvalue weighted by Gasteiger charge is 2.42. The summed E-state index contributed by atoms with van der Waals surface area (Å²) in [6.07, 6.45) is 18.0. The molecule has 3 rings (SSSR count). The van der Waals surface area contributed by atoms with Gasteiger partial charge in [-0.2, -0.15) is 5.50 Å². The summed E-state index contributed by atoms with van der Waals surface area (Å²) in [6.45, 7) is 14.3. The summed E-state index contributed by atoms with van der Waals surface area (Å²) in [5.41, 5.74) is 9.47. The van der Waals surface area contributed by atoms with E-state index in [0.29, 0.717) is 0 Å². The van der Waals surface area contributed by atoms with Crippen molar-refractivity contribution in [3.05, 3.63) is 84.4 Å². The van der Waals surface area contributed by atoms with Crippen molar-refractivity contribution in [2.24, 2.45) is 5.50 Å². The molecule has 3 aromatic rings. The predicted molar refractivity (Wildman–Crippen MR) is 227 cm³/mol. The summed E-state index contributed by atoms with van der Waals surface area (Å²) in [5.74, 6) is 0. The zero-order valence-corrected chi connectivity index (χ0v) is 35.1. The topological polar surface area (TPSA) is 26.0 Å². The maximum Gasteiger partial charge on any atom is 0.143 e. The monoisotopic (exact) mass is 703 g/mol. The van der Waals surface area contributed by atoms with Crippen LogP contribution in [0.1, 0.15) is 124 Å². The molecule has 0 bridgehead atoms. The van der Waals surface area contributed by atoms with E-state index in [1.54, 1.807) is 10.4 Å². The molecule has 0 fully saturated rings. The van der Waals surface area contributed by atoms with Crippen LogP contribution in [0.2, 0.25) is 36.3 Å². The Hall–Kier alpha value is -1.52. The molecule has 0 heterocycles. The van der Waals surface area contributed by atoms with Crippen LogP contribution >= 0.6 is 7.41 Å². The zero-order valence-electron chi connectivity index (χ0n) is 32.2. The van der Waals surface area contributed by atoms with Crippen LogP contribution in [0.5, 0.6) is 0 Å². The van der Waals surface area contributed by atoms with E-state index in [1.165, 1.54) is 129 Å². The van der Waals surface area contributed by atoms with Crippen molar-refractivity contribution >= 4 is 44.5 Å². The van der Waals surface area contributed by atoms with Crippen molar-refractivity contribution in [3.63, 3.8) is 0 Å². The molecule has 0 unspecified atom stereocenters. The quantitative estimate of drug-likeness (QED) is 0.0690. The summed E-state index contributed by atoms with van der Waals surface area (Å²) in [5, 5.41) is 6.33. The Bertz CT molecular complexity index is 1170. The van der Waals surface area contributed by atoms with E-state index in [2.05, 4.69) is 120 Å². The lowest BCUT2D eigenvalue weighted by Gasteiger charge is -2.35. The van der Waals surface area contributed by atoms with Gasteiger partial charge in [-0.15, -0.1) is 0 Å². The third-order valence-corrected chi connectivity index (χ3v) is 25.8. The average Bonchev–Trinajstić information content (AvgIpc) is 3.14. The Morgan fingerprint density at radius 2 is 0.812 bits per heavy atom. The molecule has 0 saturated carbocycles. The number of aryl methyl sites for hydroxylation is 1. The molecular formula is C44H73NPSi2+. The largest absolute Gasteiger partial charge is 0.196 e. The van der Waals surface area contributed by atoms with E-state index in [9.17, 15) is 0 Å². The van der Waals surface area contributed by atoms with E-state index in [0.717, 1.165) is 12.6 Å². The summed E-state index contributed by atoms with van der Waals surface area (Å²) in [4.78, 5) is 0. The molecule has 3 aromatic carbocycles. The summed E-state index contributed by atoms with van der Waals surface area (Å²) in [7, 11) is -5.44. The van der Waals surface area contributed by atoms with Crippen LogP contribution in [0.15, 0.2) is 78.9 Å². The van der Waals surface area contributed by atoms with Crippen LogP contribution in [0.4, 0.5) is 0 Å². The van der Waals surface area contributed by atoms with Gasteiger partial charge in [-0.1, -0.05) is 220 Å². The van der Waals surface area contributed by atoms with E-state index in [-0.39, 0.29) is 0 Å². The smallest absolute Gasteiger partial charge is 0.143 e. The highest BCUT2D eigenvalue weighted by atomic mass is 31.2. The Balaban J connectivity index is 2.22. The molecule has 0 spiro atoms. The van der Waals surface area contributed by atoms with Crippen molar-refractivity contribution < 1.29 is 0 Å². The van der Waals surface area contributed by atoms with E-state index < -0.39 is 23.6 Å². The Labute approximate surface area is 300 Å². The molecule has 48 heavy (non-hydrogen) atoms.